The van der Waals surface area contributed by atoms with Crippen LogP contribution in [0.3, 0.4) is 0 Å². The topological polar surface area (TPSA) is 37.3 Å². The van der Waals surface area contributed by atoms with Crippen molar-refractivity contribution in [2.45, 2.75) is 51.4 Å². The molecule has 1 spiro atoms. The zero-order valence-electron chi connectivity index (χ0n) is 8.80. The Kier molecular flexibility index (Phi) is 2.91. The third-order valence-corrected chi connectivity index (χ3v) is 4.24. The number of carbonyl (C=O) groups excluding carboxylic acids is 1. The molecule has 0 bridgehead atoms. The second kappa shape index (κ2) is 4.01. The quantitative estimate of drug-likeness (QED) is 0.698. The molecule has 2 aliphatic carbocycles. The van der Waals surface area contributed by atoms with Gasteiger partial charge in [-0.2, -0.15) is 0 Å². The monoisotopic (exact) mass is 196 g/mol. The third-order valence-electron chi connectivity index (χ3n) is 4.24. The Balaban J connectivity index is 2.14. The van der Waals surface area contributed by atoms with Gasteiger partial charge >= 0.3 is 0 Å². The Morgan fingerprint density at radius 2 is 2.07 bits per heavy atom. The van der Waals surface area contributed by atoms with Crippen LogP contribution < -0.4 is 0 Å². The molecule has 0 unspecified atom stereocenters. The molecule has 14 heavy (non-hydrogen) atoms. The van der Waals surface area contributed by atoms with Gasteiger partial charge in [-0.15, -0.1) is 0 Å². The Bertz CT molecular complexity index is 224. The van der Waals surface area contributed by atoms with E-state index in [0.717, 1.165) is 25.7 Å². The first-order valence-corrected chi connectivity index (χ1v) is 5.89. The molecule has 2 fully saturated rings. The van der Waals surface area contributed by atoms with Crippen molar-refractivity contribution in [3.05, 3.63) is 0 Å². The van der Waals surface area contributed by atoms with E-state index in [1.807, 2.05) is 0 Å². The van der Waals surface area contributed by atoms with Crippen molar-refractivity contribution in [2.24, 2.45) is 11.3 Å². The highest BCUT2D eigenvalue weighted by Gasteiger charge is 2.43. The molecular formula is C12H20O2. The molecule has 0 aromatic carbocycles. The average Bonchev–Trinajstić information content (AvgIpc) is 2.45. The van der Waals surface area contributed by atoms with Gasteiger partial charge in [-0.25, -0.2) is 0 Å². The van der Waals surface area contributed by atoms with E-state index in [1.165, 1.54) is 25.7 Å². The lowest BCUT2D eigenvalue weighted by molar-refractivity contribution is -0.121. The largest absolute Gasteiger partial charge is 0.396 e. The minimum absolute atomic E-state index is 0.197. The predicted molar refractivity (Wildman–Crippen MR) is 55.0 cm³/mol. The summed E-state index contributed by atoms with van der Waals surface area (Å²) in [6.45, 7) is 0.285. The van der Waals surface area contributed by atoms with Gasteiger partial charge in [0, 0.05) is 19.4 Å². The molecule has 2 rings (SSSR count). The van der Waals surface area contributed by atoms with Crippen molar-refractivity contribution in [1.29, 1.82) is 0 Å². The Morgan fingerprint density at radius 1 is 1.29 bits per heavy atom. The lowest BCUT2D eigenvalue weighted by atomic mass is 9.72. The second-order valence-corrected chi connectivity index (χ2v) is 5.06. The molecule has 0 heterocycles. The summed E-state index contributed by atoms with van der Waals surface area (Å²) in [5.74, 6) is 0.840. The summed E-state index contributed by atoms with van der Waals surface area (Å²) >= 11 is 0. The number of rotatable bonds is 1. The van der Waals surface area contributed by atoms with Gasteiger partial charge in [0.1, 0.15) is 5.78 Å². The fourth-order valence-electron chi connectivity index (χ4n) is 3.43. The van der Waals surface area contributed by atoms with Crippen molar-refractivity contribution in [1.82, 2.24) is 0 Å². The molecule has 0 aromatic rings. The number of hydrogen-bond acceptors (Lipinski definition) is 2. The van der Waals surface area contributed by atoms with E-state index < -0.39 is 0 Å². The van der Waals surface area contributed by atoms with Crippen LogP contribution in [0.1, 0.15) is 51.4 Å². The van der Waals surface area contributed by atoms with Crippen LogP contribution in [-0.4, -0.2) is 17.5 Å². The highest BCUT2D eigenvalue weighted by atomic mass is 16.3. The number of ketones is 1. The van der Waals surface area contributed by atoms with Gasteiger partial charge in [0.15, 0.2) is 0 Å². The predicted octanol–water partition coefficient (Wildman–Crippen LogP) is 2.30. The number of aliphatic hydroxyl groups excluding tert-OH is 1. The molecule has 2 aliphatic rings. The standard InChI is InChI=1S/C12H20O2/c13-9-10-4-3-7-12(10)6-2-1-5-11(14)8-12/h10,13H,1-9H2/t10-,12-/m1/s1. The molecule has 2 atom stereocenters. The first kappa shape index (κ1) is 10.2. The maximum atomic E-state index is 11.6. The van der Waals surface area contributed by atoms with Crippen LogP contribution in [0.15, 0.2) is 0 Å². The zero-order valence-corrected chi connectivity index (χ0v) is 8.80. The van der Waals surface area contributed by atoms with E-state index in [-0.39, 0.29) is 12.0 Å². The van der Waals surface area contributed by atoms with Crippen molar-refractivity contribution < 1.29 is 9.90 Å². The molecule has 2 saturated carbocycles. The second-order valence-electron chi connectivity index (χ2n) is 5.06. The summed E-state index contributed by atoms with van der Waals surface area (Å²) in [6, 6.07) is 0. The lowest BCUT2D eigenvalue weighted by Crippen LogP contribution is -2.29. The fraction of sp³-hybridized carbons (Fsp3) is 0.917. The summed E-state index contributed by atoms with van der Waals surface area (Å²) in [5.41, 5.74) is 0.197. The van der Waals surface area contributed by atoms with E-state index in [0.29, 0.717) is 11.7 Å². The summed E-state index contributed by atoms with van der Waals surface area (Å²) in [7, 11) is 0. The van der Waals surface area contributed by atoms with E-state index in [9.17, 15) is 9.90 Å². The molecule has 2 nitrogen and oxygen atoms in total. The van der Waals surface area contributed by atoms with Crippen LogP contribution in [0.25, 0.3) is 0 Å². The Hall–Kier alpha value is -0.370. The first-order chi connectivity index (χ1) is 6.77. The zero-order chi connectivity index (χ0) is 10.0. The van der Waals surface area contributed by atoms with E-state index in [4.69, 9.17) is 0 Å². The number of carbonyl (C=O) groups is 1. The highest BCUT2D eigenvalue weighted by Crippen LogP contribution is 2.50. The minimum atomic E-state index is 0.197. The number of aliphatic hydroxyl groups is 1. The highest BCUT2D eigenvalue weighted by molar-refractivity contribution is 5.79. The molecule has 2 heteroatoms. The molecule has 0 saturated heterocycles. The van der Waals surface area contributed by atoms with E-state index in [1.54, 1.807) is 0 Å². The van der Waals surface area contributed by atoms with Crippen LogP contribution in [0, 0.1) is 11.3 Å². The maximum Gasteiger partial charge on any atom is 0.133 e. The van der Waals surface area contributed by atoms with Crippen LogP contribution in [-0.2, 0) is 4.79 Å². The van der Waals surface area contributed by atoms with Crippen molar-refractivity contribution in [3.63, 3.8) is 0 Å². The maximum absolute atomic E-state index is 11.6. The van der Waals surface area contributed by atoms with Crippen molar-refractivity contribution in [3.8, 4) is 0 Å². The van der Waals surface area contributed by atoms with Gasteiger partial charge < -0.3 is 5.11 Å². The van der Waals surface area contributed by atoms with Crippen LogP contribution in [0.4, 0.5) is 0 Å². The number of Topliss-reactive ketones (excluding diaryl/α,β-unsaturated/α-hetero) is 1. The smallest absolute Gasteiger partial charge is 0.133 e. The van der Waals surface area contributed by atoms with E-state index >= 15 is 0 Å². The summed E-state index contributed by atoms with van der Waals surface area (Å²) in [4.78, 5) is 11.6. The molecule has 0 aliphatic heterocycles. The van der Waals surface area contributed by atoms with Gasteiger partial charge in [-0.1, -0.05) is 12.8 Å². The number of hydrogen-bond donors (Lipinski definition) is 1. The lowest BCUT2D eigenvalue weighted by Gasteiger charge is -2.33. The van der Waals surface area contributed by atoms with Gasteiger partial charge in [0.25, 0.3) is 0 Å². The van der Waals surface area contributed by atoms with Crippen molar-refractivity contribution in [2.75, 3.05) is 6.61 Å². The van der Waals surface area contributed by atoms with Crippen molar-refractivity contribution >= 4 is 5.78 Å². The van der Waals surface area contributed by atoms with Gasteiger partial charge in [-0.3, -0.25) is 4.79 Å². The molecule has 0 aromatic heterocycles. The van der Waals surface area contributed by atoms with Gasteiger partial charge in [-0.05, 0) is 37.0 Å². The molecule has 0 amide bonds. The van der Waals surface area contributed by atoms with Gasteiger partial charge in [0.2, 0.25) is 0 Å². The molecule has 0 radical (unpaired) electrons. The summed E-state index contributed by atoms with van der Waals surface area (Å²) < 4.78 is 0. The van der Waals surface area contributed by atoms with Crippen LogP contribution in [0.5, 0.6) is 0 Å². The Labute approximate surface area is 85.7 Å². The summed E-state index contributed by atoms with van der Waals surface area (Å²) in [6.07, 6.45) is 8.45. The van der Waals surface area contributed by atoms with Crippen LogP contribution in [0.2, 0.25) is 0 Å². The molecule has 80 valence electrons. The van der Waals surface area contributed by atoms with Crippen LogP contribution >= 0.6 is 0 Å². The fourth-order valence-corrected chi connectivity index (χ4v) is 3.43. The van der Waals surface area contributed by atoms with E-state index in [2.05, 4.69) is 0 Å². The van der Waals surface area contributed by atoms with Gasteiger partial charge in [0.05, 0.1) is 0 Å². The SMILES string of the molecule is O=C1CCCC[C@@]2(CCC[C@@H]2CO)C1. The Morgan fingerprint density at radius 3 is 2.86 bits per heavy atom. The normalized spacial score (nSPS) is 38.9. The average molecular weight is 196 g/mol. The molecule has 1 N–H and O–H groups in total. The first-order valence-electron chi connectivity index (χ1n) is 5.89. The minimum Gasteiger partial charge on any atom is -0.396 e. The third kappa shape index (κ3) is 1.72. The molecular weight excluding hydrogens is 176 g/mol. The summed E-state index contributed by atoms with van der Waals surface area (Å²) in [5, 5.41) is 9.35.